The Bertz CT molecular complexity index is 452. The summed E-state index contributed by atoms with van der Waals surface area (Å²) in [6, 6.07) is 8.08. The Balaban J connectivity index is 1.63. The van der Waals surface area contributed by atoms with Gasteiger partial charge < -0.3 is 10.6 Å². The molecule has 1 aliphatic carbocycles. The van der Waals surface area contributed by atoms with Gasteiger partial charge >= 0.3 is 0 Å². The summed E-state index contributed by atoms with van der Waals surface area (Å²) < 4.78 is 0. The molecule has 1 atom stereocenters. The van der Waals surface area contributed by atoms with E-state index in [1.807, 2.05) is 18.2 Å². The molecule has 0 bridgehead atoms. The molecular formula is C16H22N2O. The molecule has 1 aromatic carbocycles. The first-order chi connectivity index (χ1) is 9.16. The first-order valence-corrected chi connectivity index (χ1v) is 7.33. The Labute approximate surface area is 114 Å². The van der Waals surface area contributed by atoms with Crippen LogP contribution in [-0.2, 0) is 11.2 Å². The van der Waals surface area contributed by atoms with Crippen molar-refractivity contribution in [2.24, 2.45) is 0 Å². The van der Waals surface area contributed by atoms with Crippen LogP contribution in [0.2, 0.25) is 0 Å². The van der Waals surface area contributed by atoms with Crippen LogP contribution >= 0.6 is 0 Å². The lowest BCUT2D eigenvalue weighted by Gasteiger charge is -2.35. The summed E-state index contributed by atoms with van der Waals surface area (Å²) in [5, 5.41) is 6.60. The highest BCUT2D eigenvalue weighted by Gasteiger charge is 2.33. The molecule has 102 valence electrons. The second-order valence-corrected chi connectivity index (χ2v) is 6.17. The first-order valence-electron chi connectivity index (χ1n) is 7.33. The van der Waals surface area contributed by atoms with E-state index in [2.05, 4.69) is 23.6 Å². The Hall–Kier alpha value is -1.51. The van der Waals surface area contributed by atoms with E-state index in [-0.39, 0.29) is 17.5 Å². The molecule has 1 heterocycles. The molecule has 1 amide bonds. The number of hydrogen-bond acceptors (Lipinski definition) is 2. The minimum absolute atomic E-state index is 0.00574. The van der Waals surface area contributed by atoms with Crippen LogP contribution in [0.4, 0.5) is 5.69 Å². The summed E-state index contributed by atoms with van der Waals surface area (Å²) in [6.07, 6.45) is 6.79. The summed E-state index contributed by atoms with van der Waals surface area (Å²) in [5.41, 5.74) is 2.36. The fraction of sp³-hybridized carbons (Fsp3) is 0.562. The third-order valence-corrected chi connectivity index (χ3v) is 4.47. The van der Waals surface area contributed by atoms with Crippen LogP contribution < -0.4 is 10.6 Å². The van der Waals surface area contributed by atoms with Crippen molar-refractivity contribution in [2.45, 2.75) is 57.0 Å². The van der Waals surface area contributed by atoms with Crippen LogP contribution in [0.1, 0.15) is 44.6 Å². The lowest BCUT2D eigenvalue weighted by atomic mass is 9.83. The van der Waals surface area contributed by atoms with E-state index >= 15 is 0 Å². The van der Waals surface area contributed by atoms with Gasteiger partial charge in [0.2, 0.25) is 5.91 Å². The van der Waals surface area contributed by atoms with E-state index < -0.39 is 0 Å². The Morgan fingerprint density at radius 3 is 2.74 bits per heavy atom. The normalized spacial score (nSPS) is 24.4. The quantitative estimate of drug-likeness (QED) is 0.856. The number of anilines is 1. The zero-order chi connectivity index (χ0) is 13.3. The van der Waals surface area contributed by atoms with Gasteiger partial charge in [0.1, 0.15) is 6.04 Å². The molecule has 1 fully saturated rings. The first kappa shape index (κ1) is 12.5. The average molecular weight is 258 g/mol. The molecule has 3 heteroatoms. The Kier molecular flexibility index (Phi) is 3.21. The molecule has 3 nitrogen and oxygen atoms in total. The molecule has 2 N–H and O–H groups in total. The van der Waals surface area contributed by atoms with Crippen molar-refractivity contribution in [3.63, 3.8) is 0 Å². The summed E-state index contributed by atoms with van der Waals surface area (Å²) in [7, 11) is 0. The van der Waals surface area contributed by atoms with Gasteiger partial charge in [0.25, 0.3) is 0 Å². The Morgan fingerprint density at radius 2 is 2.00 bits per heavy atom. The van der Waals surface area contributed by atoms with Crippen LogP contribution in [0.5, 0.6) is 0 Å². The molecular weight excluding hydrogens is 236 g/mol. The van der Waals surface area contributed by atoms with Gasteiger partial charge in [0.05, 0.1) is 0 Å². The molecule has 0 saturated heterocycles. The van der Waals surface area contributed by atoms with Crippen molar-refractivity contribution in [3.8, 4) is 0 Å². The maximum atomic E-state index is 12.4. The number of hydrogen-bond donors (Lipinski definition) is 2. The van der Waals surface area contributed by atoms with Gasteiger partial charge in [-0.05, 0) is 31.4 Å². The summed E-state index contributed by atoms with van der Waals surface area (Å²) in [5.74, 6) is 0.153. The summed E-state index contributed by atoms with van der Waals surface area (Å²) in [4.78, 5) is 12.4. The molecule has 1 unspecified atom stereocenters. The number of benzene rings is 1. The van der Waals surface area contributed by atoms with Crippen molar-refractivity contribution < 1.29 is 4.79 Å². The fourth-order valence-corrected chi connectivity index (χ4v) is 3.30. The van der Waals surface area contributed by atoms with Crippen molar-refractivity contribution in [2.75, 3.05) is 5.32 Å². The van der Waals surface area contributed by atoms with Gasteiger partial charge in [-0.25, -0.2) is 0 Å². The predicted octanol–water partition coefficient (Wildman–Crippen LogP) is 2.86. The van der Waals surface area contributed by atoms with Crippen molar-refractivity contribution >= 4 is 11.6 Å². The summed E-state index contributed by atoms with van der Waals surface area (Å²) in [6.45, 7) is 2.19. The third-order valence-electron chi connectivity index (χ3n) is 4.47. The summed E-state index contributed by atoms with van der Waals surface area (Å²) >= 11 is 0. The molecule has 0 spiro atoms. The second-order valence-electron chi connectivity index (χ2n) is 6.17. The van der Waals surface area contributed by atoms with Gasteiger partial charge in [0, 0.05) is 17.6 Å². The smallest absolute Gasteiger partial charge is 0.243 e. The van der Waals surface area contributed by atoms with Gasteiger partial charge in [-0.1, -0.05) is 37.5 Å². The number of para-hydroxylation sites is 1. The zero-order valence-electron chi connectivity index (χ0n) is 11.5. The minimum Gasteiger partial charge on any atom is -0.373 e. The van der Waals surface area contributed by atoms with Crippen molar-refractivity contribution in [1.82, 2.24) is 5.32 Å². The van der Waals surface area contributed by atoms with Gasteiger partial charge in [-0.15, -0.1) is 0 Å². The number of amides is 1. The standard InChI is InChI=1S/C16H22N2O/c1-16(9-5-2-6-10-16)18-15(19)14-11-12-7-3-4-8-13(12)17-14/h3-4,7-8,14,17H,2,5-6,9-11H2,1H3,(H,18,19). The molecule has 0 aromatic heterocycles. The number of fused-ring (bicyclic) bond motifs is 1. The van der Waals surface area contributed by atoms with Crippen LogP contribution in [-0.4, -0.2) is 17.5 Å². The van der Waals surface area contributed by atoms with Crippen LogP contribution in [0, 0.1) is 0 Å². The molecule has 19 heavy (non-hydrogen) atoms. The maximum absolute atomic E-state index is 12.4. The lowest BCUT2D eigenvalue weighted by Crippen LogP contribution is -2.52. The van der Waals surface area contributed by atoms with E-state index in [1.165, 1.54) is 24.8 Å². The predicted molar refractivity (Wildman–Crippen MR) is 77.2 cm³/mol. The van der Waals surface area contributed by atoms with E-state index in [1.54, 1.807) is 0 Å². The largest absolute Gasteiger partial charge is 0.373 e. The number of carbonyl (C=O) groups excluding carboxylic acids is 1. The maximum Gasteiger partial charge on any atom is 0.243 e. The minimum atomic E-state index is -0.101. The topological polar surface area (TPSA) is 41.1 Å². The second kappa shape index (κ2) is 4.87. The number of nitrogens with one attached hydrogen (secondary N) is 2. The van der Waals surface area contributed by atoms with Gasteiger partial charge in [-0.2, -0.15) is 0 Å². The number of carbonyl (C=O) groups is 1. The molecule has 1 aliphatic heterocycles. The number of rotatable bonds is 2. The molecule has 0 radical (unpaired) electrons. The molecule has 1 saturated carbocycles. The van der Waals surface area contributed by atoms with Crippen molar-refractivity contribution in [3.05, 3.63) is 29.8 Å². The van der Waals surface area contributed by atoms with Gasteiger partial charge in [-0.3, -0.25) is 4.79 Å². The fourth-order valence-electron chi connectivity index (χ4n) is 3.30. The lowest BCUT2D eigenvalue weighted by molar-refractivity contribution is -0.123. The van der Waals surface area contributed by atoms with E-state index in [0.29, 0.717) is 0 Å². The monoisotopic (exact) mass is 258 g/mol. The van der Waals surface area contributed by atoms with E-state index in [9.17, 15) is 4.79 Å². The molecule has 3 rings (SSSR count). The van der Waals surface area contributed by atoms with Gasteiger partial charge in [0.15, 0.2) is 0 Å². The highest BCUT2D eigenvalue weighted by Crippen LogP contribution is 2.29. The van der Waals surface area contributed by atoms with E-state index in [4.69, 9.17) is 0 Å². The van der Waals surface area contributed by atoms with Crippen LogP contribution in [0.25, 0.3) is 0 Å². The SMILES string of the molecule is CC1(NC(=O)C2Cc3ccccc3N2)CCCCC1. The highest BCUT2D eigenvalue weighted by atomic mass is 16.2. The molecule has 1 aromatic rings. The van der Waals surface area contributed by atoms with Crippen molar-refractivity contribution in [1.29, 1.82) is 0 Å². The highest BCUT2D eigenvalue weighted by molar-refractivity contribution is 5.87. The van der Waals surface area contributed by atoms with Crippen LogP contribution in [0.15, 0.2) is 24.3 Å². The zero-order valence-corrected chi connectivity index (χ0v) is 11.5. The van der Waals surface area contributed by atoms with E-state index in [0.717, 1.165) is 24.9 Å². The van der Waals surface area contributed by atoms with Crippen LogP contribution in [0.3, 0.4) is 0 Å². The average Bonchev–Trinajstić information content (AvgIpc) is 2.83. The molecule has 2 aliphatic rings. The third kappa shape index (κ3) is 2.60. The Morgan fingerprint density at radius 1 is 1.26 bits per heavy atom.